The van der Waals surface area contributed by atoms with Gasteiger partial charge in [-0.3, -0.25) is 14.5 Å². The second-order valence-electron chi connectivity index (χ2n) is 8.10. The van der Waals surface area contributed by atoms with Crippen LogP contribution in [-0.4, -0.2) is 101 Å². The predicted molar refractivity (Wildman–Crippen MR) is 101 cm³/mol. The van der Waals surface area contributed by atoms with Crippen LogP contribution in [0, 0.1) is 11.3 Å². The third-order valence-electron chi connectivity index (χ3n) is 6.13. The zero-order chi connectivity index (χ0) is 19.1. The molecule has 3 aliphatic heterocycles. The highest BCUT2D eigenvalue weighted by molar-refractivity contribution is 5.89. The van der Waals surface area contributed by atoms with Gasteiger partial charge in [0.15, 0.2) is 0 Å². The summed E-state index contributed by atoms with van der Waals surface area (Å²) in [4.78, 5) is 29.1. The first kappa shape index (κ1) is 20.5. The predicted octanol–water partition coefficient (Wildman–Crippen LogP) is -0.700. The lowest BCUT2D eigenvalue weighted by molar-refractivity contribution is -0.129. The normalized spacial score (nSPS) is 26.3. The van der Waals surface area contributed by atoms with E-state index in [9.17, 15) is 9.59 Å². The van der Waals surface area contributed by atoms with Crippen molar-refractivity contribution in [2.45, 2.75) is 19.3 Å². The summed E-state index contributed by atoms with van der Waals surface area (Å²) in [5.74, 6) is -0.133. The number of rotatable bonds is 8. The molecule has 8 nitrogen and oxygen atoms in total. The van der Waals surface area contributed by atoms with Crippen LogP contribution in [-0.2, 0) is 19.1 Å². The first-order chi connectivity index (χ1) is 13.1. The van der Waals surface area contributed by atoms with Gasteiger partial charge in [-0.15, -0.1) is 0 Å². The quantitative estimate of drug-likeness (QED) is 0.578. The lowest BCUT2D eigenvalue weighted by Gasteiger charge is -2.37. The molecule has 0 aromatic rings. The molecule has 0 radical (unpaired) electrons. The SMILES string of the molecule is COCC1(CNC(=O)C2CC(=O)N(CCN3CCOCC3)C2)CCNCC1. The fourth-order valence-corrected chi connectivity index (χ4v) is 4.31. The van der Waals surface area contributed by atoms with Crippen molar-refractivity contribution in [3.8, 4) is 0 Å². The number of carbonyl (C=O) groups is 2. The standard InChI is InChI=1S/C19H34N4O4/c1-26-15-19(2-4-20-5-3-19)14-21-18(25)16-12-17(24)23(13-16)7-6-22-8-10-27-11-9-22/h16,20H,2-15H2,1H3,(H,21,25). The van der Waals surface area contributed by atoms with Gasteiger partial charge in [0.2, 0.25) is 11.8 Å². The fraction of sp³-hybridized carbons (Fsp3) is 0.895. The second kappa shape index (κ2) is 9.82. The van der Waals surface area contributed by atoms with Crippen molar-refractivity contribution in [3.05, 3.63) is 0 Å². The number of likely N-dealkylation sites (tertiary alicyclic amines) is 1. The van der Waals surface area contributed by atoms with Crippen LogP contribution in [0.3, 0.4) is 0 Å². The van der Waals surface area contributed by atoms with Crippen LogP contribution in [0.1, 0.15) is 19.3 Å². The Balaban J connectivity index is 1.43. The van der Waals surface area contributed by atoms with Crippen molar-refractivity contribution in [2.24, 2.45) is 11.3 Å². The minimum absolute atomic E-state index is 0.00577. The van der Waals surface area contributed by atoms with Gasteiger partial charge in [-0.2, -0.15) is 0 Å². The van der Waals surface area contributed by atoms with Gasteiger partial charge in [-0.25, -0.2) is 0 Å². The van der Waals surface area contributed by atoms with E-state index in [-0.39, 0.29) is 23.1 Å². The van der Waals surface area contributed by atoms with Crippen LogP contribution in [0.4, 0.5) is 0 Å². The highest BCUT2D eigenvalue weighted by atomic mass is 16.5. The molecule has 0 bridgehead atoms. The maximum atomic E-state index is 12.7. The first-order valence-electron chi connectivity index (χ1n) is 10.2. The molecule has 3 heterocycles. The monoisotopic (exact) mass is 382 g/mol. The molecule has 2 N–H and O–H groups in total. The minimum Gasteiger partial charge on any atom is -0.384 e. The summed E-state index contributed by atoms with van der Waals surface area (Å²) in [7, 11) is 1.72. The van der Waals surface area contributed by atoms with Crippen LogP contribution in [0.25, 0.3) is 0 Å². The zero-order valence-electron chi connectivity index (χ0n) is 16.5. The number of nitrogens with one attached hydrogen (secondary N) is 2. The first-order valence-corrected chi connectivity index (χ1v) is 10.2. The van der Waals surface area contributed by atoms with Crippen molar-refractivity contribution >= 4 is 11.8 Å². The van der Waals surface area contributed by atoms with Gasteiger partial charge in [-0.05, 0) is 25.9 Å². The van der Waals surface area contributed by atoms with Crippen molar-refractivity contribution < 1.29 is 19.1 Å². The number of morpholine rings is 1. The summed E-state index contributed by atoms with van der Waals surface area (Å²) in [6.45, 7) is 8.64. The van der Waals surface area contributed by atoms with Gasteiger partial charge < -0.3 is 25.0 Å². The molecule has 3 fully saturated rings. The summed E-state index contributed by atoms with van der Waals surface area (Å²) in [6.07, 6.45) is 2.32. The number of nitrogens with zero attached hydrogens (tertiary/aromatic N) is 2. The van der Waals surface area contributed by atoms with Gasteiger partial charge in [0, 0.05) is 58.2 Å². The topological polar surface area (TPSA) is 83.1 Å². The van der Waals surface area contributed by atoms with Crippen LogP contribution in [0.2, 0.25) is 0 Å². The minimum atomic E-state index is -0.233. The van der Waals surface area contributed by atoms with E-state index in [1.54, 1.807) is 7.11 Å². The smallest absolute Gasteiger partial charge is 0.225 e. The van der Waals surface area contributed by atoms with Gasteiger partial charge in [0.05, 0.1) is 25.7 Å². The lowest BCUT2D eigenvalue weighted by Crippen LogP contribution is -2.48. The molecule has 2 amide bonds. The Labute approximate surface area is 161 Å². The third kappa shape index (κ3) is 5.63. The maximum absolute atomic E-state index is 12.7. The molecule has 0 aromatic carbocycles. The number of ether oxygens (including phenoxy) is 2. The zero-order valence-corrected chi connectivity index (χ0v) is 16.5. The van der Waals surface area contributed by atoms with E-state index in [0.29, 0.717) is 32.7 Å². The van der Waals surface area contributed by atoms with E-state index in [0.717, 1.165) is 58.8 Å². The van der Waals surface area contributed by atoms with Crippen molar-refractivity contribution in [2.75, 3.05) is 79.3 Å². The summed E-state index contributed by atoms with van der Waals surface area (Å²) in [6, 6.07) is 0. The molecule has 1 atom stereocenters. The highest BCUT2D eigenvalue weighted by Crippen LogP contribution is 2.28. The van der Waals surface area contributed by atoms with Crippen molar-refractivity contribution in [1.82, 2.24) is 20.4 Å². The number of methoxy groups -OCH3 is 1. The molecule has 3 aliphatic rings. The van der Waals surface area contributed by atoms with Crippen molar-refractivity contribution in [3.63, 3.8) is 0 Å². The van der Waals surface area contributed by atoms with Crippen LogP contribution in [0.15, 0.2) is 0 Å². The number of carbonyl (C=O) groups excluding carboxylic acids is 2. The number of piperidine rings is 1. The molecule has 3 saturated heterocycles. The third-order valence-corrected chi connectivity index (χ3v) is 6.13. The number of amides is 2. The number of hydrogen-bond donors (Lipinski definition) is 2. The van der Waals surface area contributed by atoms with E-state index in [2.05, 4.69) is 15.5 Å². The van der Waals surface area contributed by atoms with Crippen LogP contribution >= 0.6 is 0 Å². The Morgan fingerprint density at radius 3 is 2.74 bits per heavy atom. The molecule has 8 heteroatoms. The molecule has 1 unspecified atom stereocenters. The van der Waals surface area contributed by atoms with Gasteiger partial charge in [0.25, 0.3) is 0 Å². The molecule has 0 aromatic heterocycles. The molecular formula is C19H34N4O4. The lowest BCUT2D eigenvalue weighted by atomic mass is 9.79. The van der Waals surface area contributed by atoms with E-state index in [1.165, 1.54) is 0 Å². The summed E-state index contributed by atoms with van der Waals surface area (Å²) in [5, 5.41) is 6.48. The molecule has 0 spiro atoms. The molecule has 0 saturated carbocycles. The Hall–Kier alpha value is -1.22. The molecule has 3 rings (SSSR count). The second-order valence-corrected chi connectivity index (χ2v) is 8.10. The van der Waals surface area contributed by atoms with Crippen LogP contribution in [0.5, 0.6) is 0 Å². The van der Waals surface area contributed by atoms with Gasteiger partial charge in [0.1, 0.15) is 0 Å². The Bertz CT molecular complexity index is 498. The number of hydrogen-bond acceptors (Lipinski definition) is 6. The van der Waals surface area contributed by atoms with Gasteiger partial charge in [-0.1, -0.05) is 0 Å². The Morgan fingerprint density at radius 1 is 1.30 bits per heavy atom. The highest BCUT2D eigenvalue weighted by Gasteiger charge is 2.37. The van der Waals surface area contributed by atoms with Gasteiger partial charge >= 0.3 is 0 Å². The van der Waals surface area contributed by atoms with Crippen molar-refractivity contribution in [1.29, 1.82) is 0 Å². The summed E-state index contributed by atoms with van der Waals surface area (Å²) in [5.41, 5.74) is 0.00823. The van der Waals surface area contributed by atoms with E-state index in [4.69, 9.17) is 9.47 Å². The molecule has 0 aliphatic carbocycles. The maximum Gasteiger partial charge on any atom is 0.225 e. The largest absolute Gasteiger partial charge is 0.384 e. The van der Waals surface area contributed by atoms with Crippen LogP contribution < -0.4 is 10.6 Å². The summed E-state index contributed by atoms with van der Waals surface area (Å²) >= 11 is 0. The average Bonchev–Trinajstić information content (AvgIpc) is 3.07. The summed E-state index contributed by atoms with van der Waals surface area (Å²) < 4.78 is 10.8. The molecule has 27 heavy (non-hydrogen) atoms. The Morgan fingerprint density at radius 2 is 2.04 bits per heavy atom. The van der Waals surface area contributed by atoms with E-state index >= 15 is 0 Å². The molecule has 154 valence electrons. The van der Waals surface area contributed by atoms with E-state index in [1.807, 2.05) is 4.90 Å². The van der Waals surface area contributed by atoms with E-state index < -0.39 is 0 Å². The fourth-order valence-electron chi connectivity index (χ4n) is 4.31. The Kier molecular flexibility index (Phi) is 7.46. The molecular weight excluding hydrogens is 348 g/mol. The average molecular weight is 383 g/mol.